The molecule has 19 heavy (non-hydrogen) atoms. The summed E-state index contributed by atoms with van der Waals surface area (Å²) in [5.41, 5.74) is 5.21. The van der Waals surface area contributed by atoms with Crippen molar-refractivity contribution in [2.75, 3.05) is 18.4 Å². The molecule has 7 nitrogen and oxygen atoms in total. The second-order valence-corrected chi connectivity index (χ2v) is 3.94. The third-order valence-electron chi connectivity index (χ3n) is 2.12. The molecule has 0 aromatic heterocycles. The van der Waals surface area contributed by atoms with Gasteiger partial charge in [-0.25, -0.2) is 4.79 Å². The fraction of sp³-hybridized carbons (Fsp3) is 0.182. The second-order valence-electron chi connectivity index (χ2n) is 3.53. The molecule has 0 spiro atoms. The number of amides is 2. The largest absolute Gasteiger partial charge is 0.478 e. The van der Waals surface area contributed by atoms with Gasteiger partial charge in [-0.05, 0) is 18.2 Å². The van der Waals surface area contributed by atoms with E-state index >= 15 is 0 Å². The molecule has 0 aliphatic heterocycles. The molecule has 102 valence electrons. The van der Waals surface area contributed by atoms with Crippen molar-refractivity contribution in [3.8, 4) is 0 Å². The molecule has 0 radical (unpaired) electrons. The van der Waals surface area contributed by atoms with Crippen LogP contribution in [0.3, 0.4) is 0 Å². The molecule has 2 amide bonds. The number of aromatic carboxylic acids is 1. The van der Waals surface area contributed by atoms with Gasteiger partial charge in [0.1, 0.15) is 0 Å². The summed E-state index contributed by atoms with van der Waals surface area (Å²) in [6.07, 6.45) is 0. The first kappa shape index (κ1) is 14.9. The minimum atomic E-state index is -1.14. The van der Waals surface area contributed by atoms with Crippen LogP contribution >= 0.6 is 11.6 Å². The lowest BCUT2D eigenvalue weighted by Gasteiger charge is -2.08. The molecule has 0 unspecified atom stereocenters. The highest BCUT2D eigenvalue weighted by atomic mass is 35.5. The highest BCUT2D eigenvalue weighted by Gasteiger charge is 2.10. The predicted molar refractivity (Wildman–Crippen MR) is 69.1 cm³/mol. The lowest BCUT2D eigenvalue weighted by Crippen LogP contribution is -2.36. The number of halogens is 1. The number of nitrogens with one attached hydrogen (secondary N) is 2. The Bertz CT molecular complexity index is 519. The number of carboxylic acids is 1. The molecule has 0 saturated carbocycles. The Balaban J connectivity index is 2.70. The van der Waals surface area contributed by atoms with E-state index in [0.717, 1.165) is 0 Å². The van der Waals surface area contributed by atoms with Crippen molar-refractivity contribution in [2.24, 2.45) is 5.73 Å². The second kappa shape index (κ2) is 6.72. The van der Waals surface area contributed by atoms with Crippen LogP contribution in [0.1, 0.15) is 10.4 Å². The third kappa shape index (κ3) is 4.57. The Kier molecular flexibility index (Phi) is 5.28. The SMILES string of the molecule is NCC(=O)NCC(=O)Nc1cc(C(=O)O)ccc1Cl. The summed E-state index contributed by atoms with van der Waals surface area (Å²) in [5.74, 6) is -2.14. The zero-order chi connectivity index (χ0) is 14.4. The molecule has 5 N–H and O–H groups in total. The summed E-state index contributed by atoms with van der Waals surface area (Å²) in [4.78, 5) is 33.1. The first-order valence-electron chi connectivity index (χ1n) is 5.23. The maximum Gasteiger partial charge on any atom is 0.335 e. The van der Waals surface area contributed by atoms with Gasteiger partial charge in [-0.2, -0.15) is 0 Å². The molecule has 0 atom stereocenters. The highest BCUT2D eigenvalue weighted by Crippen LogP contribution is 2.22. The minimum Gasteiger partial charge on any atom is -0.478 e. The van der Waals surface area contributed by atoms with E-state index in [4.69, 9.17) is 22.4 Å². The number of carboxylic acid groups (broad SMARTS) is 1. The van der Waals surface area contributed by atoms with Gasteiger partial charge in [0.05, 0.1) is 29.4 Å². The summed E-state index contributed by atoms with van der Waals surface area (Å²) in [7, 11) is 0. The van der Waals surface area contributed by atoms with Gasteiger partial charge in [0.2, 0.25) is 11.8 Å². The molecule has 1 rings (SSSR count). The predicted octanol–water partition coefficient (Wildman–Crippen LogP) is 0.0516. The zero-order valence-electron chi connectivity index (χ0n) is 9.77. The van der Waals surface area contributed by atoms with Gasteiger partial charge in [0, 0.05) is 0 Å². The molecular weight excluding hydrogens is 274 g/mol. The quantitative estimate of drug-likeness (QED) is 0.609. The van der Waals surface area contributed by atoms with Crippen molar-refractivity contribution in [1.29, 1.82) is 0 Å². The van der Waals surface area contributed by atoms with Crippen LogP contribution in [0, 0.1) is 0 Å². The lowest BCUT2D eigenvalue weighted by molar-refractivity contribution is -0.123. The Hall–Kier alpha value is -2.12. The van der Waals surface area contributed by atoms with Gasteiger partial charge in [-0.3, -0.25) is 9.59 Å². The van der Waals surface area contributed by atoms with Gasteiger partial charge in [-0.15, -0.1) is 0 Å². The Morgan fingerprint density at radius 3 is 2.53 bits per heavy atom. The van der Waals surface area contributed by atoms with Crippen molar-refractivity contribution in [3.63, 3.8) is 0 Å². The van der Waals surface area contributed by atoms with Crippen molar-refractivity contribution in [1.82, 2.24) is 5.32 Å². The number of carbonyl (C=O) groups excluding carboxylic acids is 2. The van der Waals surface area contributed by atoms with Crippen LogP contribution in [0.4, 0.5) is 5.69 Å². The average Bonchev–Trinajstić information content (AvgIpc) is 2.38. The monoisotopic (exact) mass is 285 g/mol. The third-order valence-corrected chi connectivity index (χ3v) is 2.45. The normalized spacial score (nSPS) is 9.79. The standard InChI is InChI=1S/C11H12ClN3O4/c12-7-2-1-6(11(18)19)3-8(7)15-10(17)5-14-9(16)4-13/h1-3H,4-5,13H2,(H,14,16)(H,15,17)(H,18,19). The molecule has 0 saturated heterocycles. The van der Waals surface area contributed by atoms with Crippen molar-refractivity contribution >= 4 is 35.1 Å². The van der Waals surface area contributed by atoms with Crippen LogP contribution < -0.4 is 16.4 Å². The highest BCUT2D eigenvalue weighted by molar-refractivity contribution is 6.33. The average molecular weight is 286 g/mol. The topological polar surface area (TPSA) is 122 Å². The van der Waals surface area contributed by atoms with Crippen LogP contribution in [0.5, 0.6) is 0 Å². The number of benzene rings is 1. The van der Waals surface area contributed by atoms with E-state index < -0.39 is 17.8 Å². The molecule has 0 bridgehead atoms. The molecule has 1 aromatic rings. The Morgan fingerprint density at radius 2 is 1.95 bits per heavy atom. The molecular formula is C11H12ClN3O4. The zero-order valence-corrected chi connectivity index (χ0v) is 10.5. The summed E-state index contributed by atoms with van der Waals surface area (Å²) >= 11 is 5.82. The Morgan fingerprint density at radius 1 is 1.26 bits per heavy atom. The number of nitrogens with two attached hydrogens (primary N) is 1. The number of hydrogen-bond donors (Lipinski definition) is 4. The summed E-state index contributed by atoms with van der Waals surface area (Å²) < 4.78 is 0. The number of hydrogen-bond acceptors (Lipinski definition) is 4. The number of anilines is 1. The van der Waals surface area contributed by atoms with Crippen molar-refractivity contribution in [3.05, 3.63) is 28.8 Å². The van der Waals surface area contributed by atoms with E-state index in [0.29, 0.717) is 0 Å². The lowest BCUT2D eigenvalue weighted by atomic mass is 10.2. The van der Waals surface area contributed by atoms with Crippen LogP contribution in [0.2, 0.25) is 5.02 Å². The maximum absolute atomic E-state index is 11.5. The smallest absolute Gasteiger partial charge is 0.335 e. The molecule has 0 fully saturated rings. The van der Waals surface area contributed by atoms with Crippen LogP contribution in [0.25, 0.3) is 0 Å². The number of rotatable bonds is 5. The first-order chi connectivity index (χ1) is 8.93. The van der Waals surface area contributed by atoms with Gasteiger partial charge in [0.15, 0.2) is 0 Å². The molecule has 8 heteroatoms. The number of carbonyl (C=O) groups is 3. The van der Waals surface area contributed by atoms with Crippen LogP contribution in [-0.2, 0) is 9.59 Å². The van der Waals surface area contributed by atoms with Gasteiger partial charge >= 0.3 is 5.97 Å². The van der Waals surface area contributed by atoms with Gasteiger partial charge < -0.3 is 21.5 Å². The van der Waals surface area contributed by atoms with E-state index in [1.165, 1.54) is 18.2 Å². The van der Waals surface area contributed by atoms with E-state index in [9.17, 15) is 14.4 Å². The first-order valence-corrected chi connectivity index (χ1v) is 5.61. The van der Waals surface area contributed by atoms with Crippen molar-refractivity contribution in [2.45, 2.75) is 0 Å². The fourth-order valence-electron chi connectivity index (χ4n) is 1.20. The minimum absolute atomic E-state index is 0.00862. The van der Waals surface area contributed by atoms with Gasteiger partial charge in [-0.1, -0.05) is 11.6 Å². The van der Waals surface area contributed by atoms with Crippen LogP contribution in [0.15, 0.2) is 18.2 Å². The maximum atomic E-state index is 11.5. The van der Waals surface area contributed by atoms with Gasteiger partial charge in [0.25, 0.3) is 0 Å². The van der Waals surface area contributed by atoms with Crippen LogP contribution in [-0.4, -0.2) is 36.0 Å². The molecule has 1 aromatic carbocycles. The van der Waals surface area contributed by atoms with Crippen molar-refractivity contribution < 1.29 is 19.5 Å². The summed E-state index contributed by atoms with van der Waals surface area (Å²) in [6.45, 7) is -0.494. The van der Waals surface area contributed by atoms with E-state index in [-0.39, 0.29) is 29.4 Å². The summed E-state index contributed by atoms with van der Waals surface area (Å²) in [5, 5.41) is 13.7. The molecule has 0 aliphatic rings. The molecule has 0 heterocycles. The summed E-state index contributed by atoms with van der Waals surface area (Å²) in [6, 6.07) is 3.91. The molecule has 0 aliphatic carbocycles. The van der Waals surface area contributed by atoms with E-state index in [1.807, 2.05) is 0 Å². The Labute approximate surface area is 113 Å². The van der Waals surface area contributed by atoms with E-state index in [2.05, 4.69) is 10.6 Å². The fourth-order valence-corrected chi connectivity index (χ4v) is 1.36. The van der Waals surface area contributed by atoms with E-state index in [1.54, 1.807) is 0 Å².